The van der Waals surface area contributed by atoms with Crippen LogP contribution in [0, 0.1) is 11.8 Å². The lowest BCUT2D eigenvalue weighted by Gasteiger charge is -2.39. The maximum atomic E-state index is 3.54. The van der Waals surface area contributed by atoms with E-state index in [0.29, 0.717) is 0 Å². The number of piperidine rings is 2. The van der Waals surface area contributed by atoms with Crippen LogP contribution in [-0.4, -0.2) is 62.2 Å². The van der Waals surface area contributed by atoms with Crippen molar-refractivity contribution in [2.45, 2.75) is 45.6 Å². The van der Waals surface area contributed by atoms with Crippen molar-refractivity contribution in [3.63, 3.8) is 0 Å². The summed E-state index contributed by atoms with van der Waals surface area (Å²) in [5.74, 6) is 1.69. The highest BCUT2D eigenvalue weighted by Gasteiger charge is 2.24. The van der Waals surface area contributed by atoms with Gasteiger partial charge in [0, 0.05) is 19.1 Å². The van der Waals surface area contributed by atoms with E-state index in [1.807, 2.05) is 0 Å². The Morgan fingerprint density at radius 1 is 1.21 bits per heavy atom. The van der Waals surface area contributed by atoms with Crippen molar-refractivity contribution in [2.75, 3.05) is 46.3 Å². The Balaban J connectivity index is 1.68. The Labute approximate surface area is 119 Å². The van der Waals surface area contributed by atoms with Gasteiger partial charge in [0.25, 0.3) is 0 Å². The number of rotatable bonds is 5. The molecule has 1 unspecified atom stereocenters. The zero-order valence-corrected chi connectivity index (χ0v) is 13.2. The van der Waals surface area contributed by atoms with Gasteiger partial charge < -0.3 is 15.1 Å². The molecule has 0 radical (unpaired) electrons. The molecule has 0 amide bonds. The molecule has 2 heterocycles. The molecule has 2 fully saturated rings. The van der Waals surface area contributed by atoms with Crippen LogP contribution in [-0.2, 0) is 0 Å². The smallest absolute Gasteiger partial charge is 0.0117 e. The second kappa shape index (κ2) is 7.61. The van der Waals surface area contributed by atoms with Gasteiger partial charge in [0.15, 0.2) is 0 Å². The number of likely N-dealkylation sites (tertiary alicyclic amines) is 1. The van der Waals surface area contributed by atoms with Gasteiger partial charge in [0.2, 0.25) is 0 Å². The van der Waals surface area contributed by atoms with Gasteiger partial charge in [-0.25, -0.2) is 0 Å². The predicted molar refractivity (Wildman–Crippen MR) is 82.5 cm³/mol. The molecule has 2 aliphatic heterocycles. The second-order valence-corrected chi connectivity index (χ2v) is 7.08. The summed E-state index contributed by atoms with van der Waals surface area (Å²) in [4.78, 5) is 5.29. The van der Waals surface area contributed by atoms with E-state index >= 15 is 0 Å². The van der Waals surface area contributed by atoms with Crippen LogP contribution in [0.4, 0.5) is 0 Å². The van der Waals surface area contributed by atoms with Gasteiger partial charge in [0.05, 0.1) is 0 Å². The number of nitrogens with one attached hydrogen (secondary N) is 1. The first-order valence-corrected chi connectivity index (χ1v) is 8.28. The van der Waals surface area contributed by atoms with E-state index in [2.05, 4.69) is 36.0 Å². The standard InChI is InChI=1S/C16H33N3/c1-14(2)12-19-9-6-16(7-10-19)18(3)13-15-5-4-8-17-11-15/h14-17H,4-13H2,1-3H3. The molecule has 3 nitrogen and oxygen atoms in total. The molecule has 2 saturated heterocycles. The van der Waals surface area contributed by atoms with Crippen LogP contribution >= 0.6 is 0 Å². The quantitative estimate of drug-likeness (QED) is 0.822. The van der Waals surface area contributed by atoms with E-state index < -0.39 is 0 Å². The first-order chi connectivity index (χ1) is 9.15. The van der Waals surface area contributed by atoms with Gasteiger partial charge in [-0.15, -0.1) is 0 Å². The summed E-state index contributed by atoms with van der Waals surface area (Å²) < 4.78 is 0. The molecule has 0 aliphatic carbocycles. The summed E-state index contributed by atoms with van der Waals surface area (Å²) in [5.41, 5.74) is 0. The van der Waals surface area contributed by atoms with Crippen LogP contribution in [0.1, 0.15) is 39.5 Å². The molecule has 1 N–H and O–H groups in total. The molecule has 2 rings (SSSR count). The summed E-state index contributed by atoms with van der Waals surface area (Å²) in [6, 6.07) is 0.824. The fourth-order valence-electron chi connectivity index (χ4n) is 3.70. The molecule has 0 saturated carbocycles. The lowest BCUT2D eigenvalue weighted by molar-refractivity contribution is 0.104. The SMILES string of the molecule is CC(C)CN1CCC(N(C)CC2CCCNC2)CC1. The van der Waals surface area contributed by atoms with E-state index in [0.717, 1.165) is 17.9 Å². The molecule has 0 aromatic rings. The summed E-state index contributed by atoms with van der Waals surface area (Å²) in [7, 11) is 2.34. The molecule has 2 aliphatic rings. The van der Waals surface area contributed by atoms with Gasteiger partial charge in [0.1, 0.15) is 0 Å². The maximum absolute atomic E-state index is 3.54. The zero-order valence-electron chi connectivity index (χ0n) is 13.2. The Morgan fingerprint density at radius 2 is 1.95 bits per heavy atom. The molecule has 0 aromatic carbocycles. The van der Waals surface area contributed by atoms with Gasteiger partial charge in [-0.2, -0.15) is 0 Å². The number of hydrogen-bond donors (Lipinski definition) is 1. The Bertz CT molecular complexity index is 240. The van der Waals surface area contributed by atoms with Crippen LogP contribution in [0.5, 0.6) is 0 Å². The predicted octanol–water partition coefficient (Wildman–Crippen LogP) is 2.04. The molecule has 0 aromatic heterocycles. The first-order valence-electron chi connectivity index (χ1n) is 8.28. The molecule has 112 valence electrons. The van der Waals surface area contributed by atoms with E-state index in [-0.39, 0.29) is 0 Å². The molecule has 0 bridgehead atoms. The van der Waals surface area contributed by atoms with E-state index in [1.54, 1.807) is 0 Å². The highest BCUT2D eigenvalue weighted by atomic mass is 15.2. The monoisotopic (exact) mass is 267 g/mol. The third-order valence-corrected chi connectivity index (χ3v) is 4.75. The summed E-state index contributed by atoms with van der Waals surface area (Å²) in [5, 5.41) is 3.54. The highest BCUT2D eigenvalue weighted by molar-refractivity contribution is 4.81. The minimum atomic E-state index is 0.808. The molecule has 19 heavy (non-hydrogen) atoms. The minimum absolute atomic E-state index is 0.808. The molecular weight excluding hydrogens is 234 g/mol. The van der Waals surface area contributed by atoms with Crippen LogP contribution in [0.3, 0.4) is 0 Å². The largest absolute Gasteiger partial charge is 0.316 e. The lowest BCUT2D eigenvalue weighted by atomic mass is 9.96. The van der Waals surface area contributed by atoms with Crippen LogP contribution in [0.25, 0.3) is 0 Å². The van der Waals surface area contributed by atoms with Gasteiger partial charge >= 0.3 is 0 Å². The Kier molecular flexibility index (Phi) is 6.11. The van der Waals surface area contributed by atoms with Crippen molar-refractivity contribution in [3.8, 4) is 0 Å². The normalized spacial score (nSPS) is 27.3. The van der Waals surface area contributed by atoms with Crippen molar-refractivity contribution in [2.24, 2.45) is 11.8 Å². The summed E-state index contributed by atoms with van der Waals surface area (Å²) in [6.45, 7) is 12.3. The Hall–Kier alpha value is -0.120. The fourth-order valence-corrected chi connectivity index (χ4v) is 3.70. The summed E-state index contributed by atoms with van der Waals surface area (Å²) >= 11 is 0. The summed E-state index contributed by atoms with van der Waals surface area (Å²) in [6.07, 6.45) is 5.52. The van der Waals surface area contributed by atoms with E-state index in [9.17, 15) is 0 Å². The zero-order chi connectivity index (χ0) is 13.7. The van der Waals surface area contributed by atoms with Crippen molar-refractivity contribution in [3.05, 3.63) is 0 Å². The topological polar surface area (TPSA) is 18.5 Å². The van der Waals surface area contributed by atoms with Crippen molar-refractivity contribution < 1.29 is 0 Å². The fraction of sp³-hybridized carbons (Fsp3) is 1.00. The molecule has 3 heteroatoms. The van der Waals surface area contributed by atoms with E-state index in [1.165, 1.54) is 65.0 Å². The lowest BCUT2D eigenvalue weighted by Crippen LogP contribution is -2.47. The van der Waals surface area contributed by atoms with Gasteiger partial charge in [-0.1, -0.05) is 13.8 Å². The van der Waals surface area contributed by atoms with Crippen LogP contribution in [0.2, 0.25) is 0 Å². The van der Waals surface area contributed by atoms with E-state index in [4.69, 9.17) is 0 Å². The minimum Gasteiger partial charge on any atom is -0.316 e. The average molecular weight is 267 g/mol. The molecule has 1 atom stereocenters. The third-order valence-electron chi connectivity index (χ3n) is 4.75. The average Bonchev–Trinajstić information content (AvgIpc) is 2.40. The van der Waals surface area contributed by atoms with Crippen LogP contribution in [0.15, 0.2) is 0 Å². The van der Waals surface area contributed by atoms with Gasteiger partial charge in [-0.05, 0) is 70.7 Å². The van der Waals surface area contributed by atoms with Crippen LogP contribution < -0.4 is 5.32 Å². The third kappa shape index (κ3) is 5.05. The molecular formula is C16H33N3. The maximum Gasteiger partial charge on any atom is 0.0117 e. The van der Waals surface area contributed by atoms with Crippen molar-refractivity contribution in [1.82, 2.24) is 15.1 Å². The van der Waals surface area contributed by atoms with Crippen molar-refractivity contribution >= 4 is 0 Å². The van der Waals surface area contributed by atoms with Crippen molar-refractivity contribution in [1.29, 1.82) is 0 Å². The molecule has 0 spiro atoms. The second-order valence-electron chi connectivity index (χ2n) is 7.08. The first kappa shape index (κ1) is 15.3. The van der Waals surface area contributed by atoms with Gasteiger partial charge in [-0.3, -0.25) is 0 Å². The number of nitrogens with zero attached hydrogens (tertiary/aromatic N) is 2. The number of hydrogen-bond acceptors (Lipinski definition) is 3. The highest BCUT2D eigenvalue weighted by Crippen LogP contribution is 2.19. The Morgan fingerprint density at radius 3 is 2.53 bits per heavy atom.